The zero-order chi connectivity index (χ0) is 15.2. The number of benzene rings is 2. The molecule has 1 atom stereocenters. The summed E-state index contributed by atoms with van der Waals surface area (Å²) < 4.78 is 18.5. The highest BCUT2D eigenvalue weighted by molar-refractivity contribution is 5.94. The lowest BCUT2D eigenvalue weighted by Gasteiger charge is -2.17. The highest BCUT2D eigenvalue weighted by Crippen LogP contribution is 2.20. The number of ether oxygens (including phenoxy) is 1. The first-order valence-corrected chi connectivity index (χ1v) is 6.85. The minimum atomic E-state index is -0.544. The van der Waals surface area contributed by atoms with Crippen molar-refractivity contribution < 1.29 is 13.9 Å². The first-order valence-electron chi connectivity index (χ1n) is 6.85. The lowest BCUT2D eigenvalue weighted by Crippen LogP contribution is -2.28. The van der Waals surface area contributed by atoms with Crippen LogP contribution < -0.4 is 10.1 Å². The van der Waals surface area contributed by atoms with Crippen molar-refractivity contribution in [2.45, 2.75) is 19.4 Å². The number of nitrogens with one attached hydrogen (secondary N) is 1. The van der Waals surface area contributed by atoms with Crippen LogP contribution in [0.4, 0.5) is 4.39 Å². The fourth-order valence-electron chi connectivity index (χ4n) is 2.16. The van der Waals surface area contributed by atoms with E-state index < -0.39 is 5.82 Å². The standard InChI is InChI=1S/C17H18FNO2/c1-3-15(12-7-5-4-6-8-12)19-17(20)13-9-10-16(21-2)14(18)11-13/h4-11,15H,3H2,1-2H3,(H,19,20)/t15-/m1/s1. The molecule has 0 saturated carbocycles. The van der Waals surface area contributed by atoms with Crippen LogP contribution in [0.25, 0.3) is 0 Å². The van der Waals surface area contributed by atoms with Crippen molar-refractivity contribution in [1.82, 2.24) is 5.32 Å². The Bertz CT molecular complexity index is 613. The van der Waals surface area contributed by atoms with Gasteiger partial charge in [-0.15, -0.1) is 0 Å². The minimum Gasteiger partial charge on any atom is -0.494 e. The average molecular weight is 287 g/mol. The van der Waals surface area contributed by atoms with Crippen LogP contribution in [-0.2, 0) is 0 Å². The Morgan fingerprint density at radius 2 is 1.95 bits per heavy atom. The molecular weight excluding hydrogens is 269 g/mol. The predicted molar refractivity (Wildman–Crippen MR) is 79.9 cm³/mol. The van der Waals surface area contributed by atoms with Crippen molar-refractivity contribution >= 4 is 5.91 Å². The zero-order valence-corrected chi connectivity index (χ0v) is 12.1. The van der Waals surface area contributed by atoms with E-state index in [0.29, 0.717) is 0 Å². The van der Waals surface area contributed by atoms with E-state index in [0.717, 1.165) is 12.0 Å². The number of hydrogen-bond acceptors (Lipinski definition) is 2. The summed E-state index contributed by atoms with van der Waals surface area (Å²) in [4.78, 5) is 12.2. The first kappa shape index (κ1) is 15.0. The van der Waals surface area contributed by atoms with Gasteiger partial charge in [0.25, 0.3) is 5.91 Å². The molecule has 0 aliphatic rings. The summed E-state index contributed by atoms with van der Waals surface area (Å²) in [7, 11) is 1.39. The minimum absolute atomic E-state index is 0.0936. The van der Waals surface area contributed by atoms with E-state index in [2.05, 4.69) is 5.32 Å². The van der Waals surface area contributed by atoms with Crippen LogP contribution in [0.3, 0.4) is 0 Å². The van der Waals surface area contributed by atoms with Gasteiger partial charge in [0.1, 0.15) is 0 Å². The molecule has 0 bridgehead atoms. The van der Waals surface area contributed by atoms with Crippen LogP contribution in [0, 0.1) is 5.82 Å². The van der Waals surface area contributed by atoms with E-state index >= 15 is 0 Å². The monoisotopic (exact) mass is 287 g/mol. The number of carbonyl (C=O) groups is 1. The van der Waals surface area contributed by atoms with Gasteiger partial charge in [0.2, 0.25) is 0 Å². The summed E-state index contributed by atoms with van der Waals surface area (Å²) in [6, 6.07) is 13.8. The van der Waals surface area contributed by atoms with Crippen LogP contribution in [0.1, 0.15) is 35.3 Å². The SMILES string of the molecule is CC[C@@H](NC(=O)c1ccc(OC)c(F)c1)c1ccccc1. The van der Waals surface area contributed by atoms with Crippen LogP contribution in [0.15, 0.2) is 48.5 Å². The Kier molecular flexibility index (Phi) is 4.93. The average Bonchev–Trinajstić information content (AvgIpc) is 2.53. The van der Waals surface area contributed by atoms with Gasteiger partial charge in [0.15, 0.2) is 11.6 Å². The third kappa shape index (κ3) is 3.60. The molecule has 2 aromatic carbocycles. The van der Waals surface area contributed by atoms with E-state index in [4.69, 9.17) is 4.74 Å². The first-order chi connectivity index (χ1) is 10.2. The molecule has 0 unspecified atom stereocenters. The molecule has 0 aromatic heterocycles. The molecule has 0 aliphatic heterocycles. The van der Waals surface area contributed by atoms with E-state index in [1.807, 2.05) is 37.3 Å². The molecule has 2 rings (SSSR count). The number of carbonyl (C=O) groups excluding carboxylic acids is 1. The van der Waals surface area contributed by atoms with Gasteiger partial charge >= 0.3 is 0 Å². The maximum atomic E-state index is 13.6. The molecular formula is C17H18FNO2. The highest BCUT2D eigenvalue weighted by atomic mass is 19.1. The summed E-state index contributed by atoms with van der Waals surface area (Å²) >= 11 is 0. The molecule has 4 heteroatoms. The number of hydrogen-bond donors (Lipinski definition) is 1. The van der Waals surface area contributed by atoms with Gasteiger partial charge in [-0.1, -0.05) is 37.3 Å². The Morgan fingerprint density at radius 1 is 1.24 bits per heavy atom. The van der Waals surface area contributed by atoms with Crippen molar-refractivity contribution in [2.75, 3.05) is 7.11 Å². The number of amides is 1. The Morgan fingerprint density at radius 3 is 2.52 bits per heavy atom. The van der Waals surface area contributed by atoms with Crippen molar-refractivity contribution in [3.8, 4) is 5.75 Å². The van der Waals surface area contributed by atoms with Crippen molar-refractivity contribution in [3.63, 3.8) is 0 Å². The summed E-state index contributed by atoms with van der Waals surface area (Å²) in [6.45, 7) is 1.99. The lowest BCUT2D eigenvalue weighted by molar-refractivity contribution is 0.0935. The van der Waals surface area contributed by atoms with Crippen LogP contribution in [-0.4, -0.2) is 13.0 Å². The van der Waals surface area contributed by atoms with E-state index in [9.17, 15) is 9.18 Å². The highest BCUT2D eigenvalue weighted by Gasteiger charge is 2.15. The van der Waals surface area contributed by atoms with Gasteiger partial charge in [-0.05, 0) is 30.2 Å². The maximum absolute atomic E-state index is 13.6. The second-order valence-corrected chi connectivity index (χ2v) is 4.69. The molecule has 1 amide bonds. The molecule has 0 fully saturated rings. The Labute approximate surface area is 123 Å². The van der Waals surface area contributed by atoms with Crippen molar-refractivity contribution in [3.05, 3.63) is 65.5 Å². The molecule has 1 N–H and O–H groups in total. The molecule has 0 saturated heterocycles. The van der Waals surface area contributed by atoms with Crippen LogP contribution in [0.2, 0.25) is 0 Å². The van der Waals surface area contributed by atoms with Crippen molar-refractivity contribution in [1.29, 1.82) is 0 Å². The topological polar surface area (TPSA) is 38.3 Å². The van der Waals surface area contributed by atoms with Crippen molar-refractivity contribution in [2.24, 2.45) is 0 Å². The molecule has 21 heavy (non-hydrogen) atoms. The molecule has 0 radical (unpaired) electrons. The number of rotatable bonds is 5. The van der Waals surface area contributed by atoms with Gasteiger partial charge in [-0.2, -0.15) is 0 Å². The Balaban J connectivity index is 2.15. The molecule has 0 aliphatic carbocycles. The molecule has 0 spiro atoms. The zero-order valence-electron chi connectivity index (χ0n) is 12.1. The summed E-state index contributed by atoms with van der Waals surface area (Å²) in [5.41, 5.74) is 1.31. The van der Waals surface area contributed by atoms with Crippen LogP contribution in [0.5, 0.6) is 5.75 Å². The number of halogens is 1. The van der Waals surface area contributed by atoms with Crippen LogP contribution >= 0.6 is 0 Å². The Hall–Kier alpha value is -2.36. The van der Waals surface area contributed by atoms with E-state index in [1.54, 1.807) is 6.07 Å². The summed E-state index contributed by atoms with van der Waals surface area (Å²) in [5, 5.41) is 2.92. The fourth-order valence-corrected chi connectivity index (χ4v) is 2.16. The summed E-state index contributed by atoms with van der Waals surface area (Å²) in [6.07, 6.45) is 0.758. The van der Waals surface area contributed by atoms with Gasteiger partial charge in [0, 0.05) is 5.56 Å². The second-order valence-electron chi connectivity index (χ2n) is 4.69. The van der Waals surface area contributed by atoms with Gasteiger partial charge in [0.05, 0.1) is 13.2 Å². The second kappa shape index (κ2) is 6.88. The van der Waals surface area contributed by atoms with E-state index in [1.165, 1.54) is 19.2 Å². The molecule has 3 nitrogen and oxygen atoms in total. The number of methoxy groups -OCH3 is 1. The fraction of sp³-hybridized carbons (Fsp3) is 0.235. The third-order valence-corrected chi connectivity index (χ3v) is 3.33. The molecule has 0 heterocycles. The van der Waals surface area contributed by atoms with Gasteiger partial charge in [-0.3, -0.25) is 4.79 Å². The van der Waals surface area contributed by atoms with E-state index in [-0.39, 0.29) is 23.3 Å². The largest absolute Gasteiger partial charge is 0.494 e. The lowest BCUT2D eigenvalue weighted by atomic mass is 10.0. The smallest absolute Gasteiger partial charge is 0.251 e. The maximum Gasteiger partial charge on any atom is 0.251 e. The van der Waals surface area contributed by atoms with Gasteiger partial charge in [-0.25, -0.2) is 4.39 Å². The summed E-state index contributed by atoms with van der Waals surface area (Å²) in [5.74, 6) is -0.716. The molecule has 110 valence electrons. The third-order valence-electron chi connectivity index (χ3n) is 3.33. The predicted octanol–water partition coefficient (Wildman–Crippen LogP) is 3.72. The van der Waals surface area contributed by atoms with Gasteiger partial charge < -0.3 is 10.1 Å². The molecule has 2 aromatic rings. The normalized spacial score (nSPS) is 11.8. The quantitative estimate of drug-likeness (QED) is 0.910.